The molecule has 2 aromatic rings. The van der Waals surface area contributed by atoms with E-state index in [0.29, 0.717) is 28.4 Å². The Kier molecular flexibility index (Phi) is 4.54. The second-order valence-corrected chi connectivity index (χ2v) is 8.19. The summed E-state index contributed by atoms with van der Waals surface area (Å²) in [4.78, 5) is 29.9. The third-order valence-electron chi connectivity index (χ3n) is 3.79. The normalized spacial score (nSPS) is 16.1. The van der Waals surface area contributed by atoms with Crippen LogP contribution in [0.3, 0.4) is 0 Å². The first-order chi connectivity index (χ1) is 11.3. The zero-order valence-electron chi connectivity index (χ0n) is 13.5. The third kappa shape index (κ3) is 3.13. The fourth-order valence-corrected chi connectivity index (χ4v) is 4.60. The molecule has 0 atom stereocenters. The minimum absolute atomic E-state index is 0.157. The second kappa shape index (κ2) is 6.34. The molecule has 0 spiro atoms. The molecule has 0 amide bonds. The first-order valence-electron chi connectivity index (χ1n) is 7.45. The van der Waals surface area contributed by atoms with Crippen molar-refractivity contribution < 1.29 is 14.6 Å². The van der Waals surface area contributed by atoms with Gasteiger partial charge < -0.3 is 14.6 Å². The number of carboxylic acid groups (broad SMARTS) is 1. The van der Waals surface area contributed by atoms with E-state index in [4.69, 9.17) is 4.74 Å². The van der Waals surface area contributed by atoms with Crippen LogP contribution < -0.4 is 10.7 Å². The molecule has 3 rings (SSSR count). The molecule has 0 bridgehead atoms. The number of hydrogen-bond donors (Lipinski definition) is 0. The third-order valence-corrected chi connectivity index (χ3v) is 5.84. The van der Waals surface area contributed by atoms with Crippen molar-refractivity contribution in [2.45, 2.75) is 44.2 Å². The highest BCUT2D eigenvalue weighted by atomic mass is 32.2. The minimum Gasteiger partial charge on any atom is -0.549 e. The maximum atomic E-state index is 13.0. The number of ether oxygens (including phenoxy) is 1. The van der Waals surface area contributed by atoms with Crippen molar-refractivity contribution in [3.8, 4) is 0 Å². The van der Waals surface area contributed by atoms with Crippen LogP contribution in [0.5, 0.6) is 0 Å². The number of aromatic nitrogens is 2. The quantitative estimate of drug-likeness (QED) is 0.452. The molecule has 0 aromatic carbocycles. The first kappa shape index (κ1) is 17.2. The van der Waals surface area contributed by atoms with Gasteiger partial charge in [0.05, 0.1) is 23.6 Å². The van der Waals surface area contributed by atoms with Crippen molar-refractivity contribution in [3.63, 3.8) is 0 Å². The fourth-order valence-electron chi connectivity index (χ4n) is 2.73. The van der Waals surface area contributed by atoms with Gasteiger partial charge in [0.25, 0.3) is 5.56 Å². The lowest BCUT2D eigenvalue weighted by molar-refractivity contribution is -0.301. The summed E-state index contributed by atoms with van der Waals surface area (Å²) in [5.41, 5.74) is 0.521. The van der Waals surface area contributed by atoms with Gasteiger partial charge in [-0.2, -0.15) is 0 Å². The van der Waals surface area contributed by atoms with E-state index in [1.54, 1.807) is 6.08 Å². The van der Waals surface area contributed by atoms with Gasteiger partial charge in [0.15, 0.2) is 5.16 Å². The Bertz CT molecular complexity index is 882. The molecule has 0 N–H and O–H groups in total. The molecule has 2 aromatic heterocycles. The maximum absolute atomic E-state index is 13.0. The average Bonchev–Trinajstić information content (AvgIpc) is 2.84. The van der Waals surface area contributed by atoms with Gasteiger partial charge in [-0.1, -0.05) is 17.8 Å². The number of nitrogens with zero attached hydrogens (tertiary/aromatic N) is 2. The largest absolute Gasteiger partial charge is 0.549 e. The van der Waals surface area contributed by atoms with Gasteiger partial charge in [-0.15, -0.1) is 17.9 Å². The number of allylic oxidation sites excluding steroid dienone is 1. The lowest BCUT2D eigenvalue weighted by Crippen LogP contribution is -2.32. The molecular weight excluding hydrogens is 348 g/mol. The molecule has 0 radical (unpaired) electrons. The predicted molar refractivity (Wildman–Crippen MR) is 92.4 cm³/mol. The summed E-state index contributed by atoms with van der Waals surface area (Å²) in [6.45, 7) is 8.41. The van der Waals surface area contributed by atoms with E-state index < -0.39 is 5.97 Å². The van der Waals surface area contributed by atoms with Gasteiger partial charge in [0, 0.05) is 23.6 Å². The topological polar surface area (TPSA) is 84.3 Å². The van der Waals surface area contributed by atoms with Crippen LogP contribution in [0.25, 0.3) is 10.2 Å². The van der Waals surface area contributed by atoms with Crippen LogP contribution in [0.1, 0.15) is 24.3 Å². The summed E-state index contributed by atoms with van der Waals surface area (Å²) in [6, 6.07) is 0. The van der Waals surface area contributed by atoms with Gasteiger partial charge in [-0.05, 0) is 19.4 Å². The molecule has 128 valence electrons. The molecule has 0 saturated carbocycles. The van der Waals surface area contributed by atoms with Crippen molar-refractivity contribution in [1.82, 2.24) is 9.55 Å². The fraction of sp³-hybridized carbons (Fsp3) is 0.438. The van der Waals surface area contributed by atoms with Crippen molar-refractivity contribution in [1.29, 1.82) is 0 Å². The smallest absolute Gasteiger partial charge is 0.263 e. The molecule has 8 heteroatoms. The summed E-state index contributed by atoms with van der Waals surface area (Å²) in [6.07, 6.45) is 2.25. The Hall–Kier alpha value is -1.64. The lowest BCUT2D eigenvalue weighted by Gasteiger charge is -2.29. The number of rotatable bonds is 5. The Morgan fingerprint density at radius 3 is 3.00 bits per heavy atom. The van der Waals surface area contributed by atoms with E-state index in [2.05, 4.69) is 11.6 Å². The molecule has 0 fully saturated rings. The highest BCUT2D eigenvalue weighted by molar-refractivity contribution is 7.99. The second-order valence-electron chi connectivity index (χ2n) is 6.17. The number of carboxylic acids is 1. The predicted octanol–water partition coefficient (Wildman–Crippen LogP) is 1.34. The van der Waals surface area contributed by atoms with Crippen molar-refractivity contribution in [2.75, 3.05) is 5.75 Å². The van der Waals surface area contributed by atoms with Gasteiger partial charge in [0.1, 0.15) is 4.83 Å². The Labute approximate surface area is 147 Å². The van der Waals surface area contributed by atoms with Crippen LogP contribution in [-0.2, 0) is 29.1 Å². The first-order valence-corrected chi connectivity index (χ1v) is 9.25. The highest BCUT2D eigenvalue weighted by Gasteiger charge is 2.31. The van der Waals surface area contributed by atoms with Gasteiger partial charge >= 0.3 is 0 Å². The number of carbonyl (C=O) groups is 1. The van der Waals surface area contributed by atoms with E-state index in [1.165, 1.54) is 15.9 Å². The number of fused-ring (bicyclic) bond motifs is 3. The molecule has 1 aliphatic rings. The number of carbonyl (C=O) groups excluding carboxylic acids is 1. The standard InChI is InChI=1S/C16H18N2O4S2/c1-4-5-18-14(21)12-9-6-16(2,3)22-7-10(9)24-13(12)17-15(18)23-8-11(19)20/h4H,1,5-8H2,2-3H3,(H,19,20)/p-1. The van der Waals surface area contributed by atoms with E-state index >= 15 is 0 Å². The summed E-state index contributed by atoms with van der Waals surface area (Å²) in [7, 11) is 0. The monoisotopic (exact) mass is 365 g/mol. The number of aliphatic carboxylic acids is 1. The molecule has 3 heterocycles. The maximum Gasteiger partial charge on any atom is 0.263 e. The van der Waals surface area contributed by atoms with Crippen LogP contribution >= 0.6 is 23.1 Å². The number of hydrogen-bond acceptors (Lipinski definition) is 7. The summed E-state index contributed by atoms with van der Waals surface area (Å²) in [5.74, 6) is -1.45. The molecule has 0 aliphatic carbocycles. The molecular formula is C16H17N2O4S2-. The SMILES string of the molecule is C=CCn1c(SCC(=O)[O-])nc2sc3c(c2c1=O)CC(C)(C)OC3. The van der Waals surface area contributed by atoms with Crippen LogP contribution in [0.15, 0.2) is 22.6 Å². The van der Waals surface area contributed by atoms with E-state index in [1.807, 2.05) is 13.8 Å². The van der Waals surface area contributed by atoms with Crippen LogP contribution in [0.2, 0.25) is 0 Å². The molecule has 6 nitrogen and oxygen atoms in total. The minimum atomic E-state index is -1.19. The van der Waals surface area contributed by atoms with Gasteiger partial charge in [-0.3, -0.25) is 9.36 Å². The molecule has 24 heavy (non-hydrogen) atoms. The van der Waals surface area contributed by atoms with Gasteiger partial charge in [0.2, 0.25) is 0 Å². The molecule has 0 saturated heterocycles. The van der Waals surface area contributed by atoms with Crippen molar-refractivity contribution in [2.24, 2.45) is 0 Å². The Balaban J connectivity index is 2.19. The average molecular weight is 365 g/mol. The van der Waals surface area contributed by atoms with Crippen LogP contribution in [-0.4, -0.2) is 26.9 Å². The number of thioether (sulfide) groups is 1. The zero-order valence-corrected chi connectivity index (χ0v) is 15.1. The Morgan fingerprint density at radius 2 is 2.33 bits per heavy atom. The van der Waals surface area contributed by atoms with E-state index in [-0.39, 0.29) is 23.5 Å². The van der Waals surface area contributed by atoms with Crippen molar-refractivity contribution >= 4 is 39.3 Å². The zero-order chi connectivity index (χ0) is 17.5. The molecule has 1 aliphatic heterocycles. The summed E-state index contributed by atoms with van der Waals surface area (Å²) >= 11 is 2.43. The van der Waals surface area contributed by atoms with Crippen LogP contribution in [0.4, 0.5) is 0 Å². The van der Waals surface area contributed by atoms with Crippen LogP contribution in [0, 0.1) is 0 Å². The molecule has 0 unspecified atom stereocenters. The summed E-state index contributed by atoms with van der Waals surface area (Å²) in [5, 5.41) is 11.7. The lowest BCUT2D eigenvalue weighted by atomic mass is 9.94. The van der Waals surface area contributed by atoms with E-state index in [9.17, 15) is 14.7 Å². The van der Waals surface area contributed by atoms with Crippen molar-refractivity contribution in [3.05, 3.63) is 33.4 Å². The van der Waals surface area contributed by atoms with Gasteiger partial charge in [-0.25, -0.2) is 4.98 Å². The number of thiophene rings is 1. The highest BCUT2D eigenvalue weighted by Crippen LogP contribution is 2.37. The van der Waals surface area contributed by atoms with E-state index in [0.717, 1.165) is 22.2 Å². The summed E-state index contributed by atoms with van der Waals surface area (Å²) < 4.78 is 7.29. The Morgan fingerprint density at radius 1 is 1.58 bits per heavy atom.